The number of hydrogen-bond acceptors (Lipinski definition) is 1. The van der Waals surface area contributed by atoms with E-state index >= 15 is 0 Å². The van der Waals surface area contributed by atoms with E-state index in [0.717, 1.165) is 29.3 Å². The van der Waals surface area contributed by atoms with Crippen LogP contribution in [0.1, 0.15) is 28.8 Å². The fraction of sp³-hybridized carbons (Fsp3) is 0.211. The van der Waals surface area contributed by atoms with Crippen LogP contribution in [0.15, 0.2) is 48.7 Å². The fourth-order valence-corrected chi connectivity index (χ4v) is 3.44. The van der Waals surface area contributed by atoms with Gasteiger partial charge < -0.3 is 10.3 Å². The topological polar surface area (TPSA) is 44.9 Å². The SMILES string of the molecule is O=C(NCC1(c2c[nH]c3cc(F)ccc23)CC1)c1ccccc1Cl. The van der Waals surface area contributed by atoms with E-state index in [1.54, 1.807) is 30.3 Å². The summed E-state index contributed by atoms with van der Waals surface area (Å²) in [6.45, 7) is 0.543. The van der Waals surface area contributed by atoms with Crippen molar-refractivity contribution in [1.82, 2.24) is 10.3 Å². The van der Waals surface area contributed by atoms with Crippen molar-refractivity contribution in [1.29, 1.82) is 0 Å². The maximum absolute atomic E-state index is 13.3. The number of carbonyl (C=O) groups excluding carboxylic acids is 1. The van der Waals surface area contributed by atoms with Crippen LogP contribution in [0.3, 0.4) is 0 Å². The minimum atomic E-state index is -0.257. The number of nitrogens with one attached hydrogen (secondary N) is 2. The van der Waals surface area contributed by atoms with Crippen molar-refractivity contribution in [3.05, 3.63) is 70.6 Å². The molecule has 0 spiro atoms. The number of benzene rings is 2. The average Bonchev–Trinajstić information content (AvgIpc) is 3.25. The fourth-order valence-electron chi connectivity index (χ4n) is 3.22. The second kappa shape index (κ2) is 5.64. The van der Waals surface area contributed by atoms with Gasteiger partial charge in [0.15, 0.2) is 0 Å². The molecule has 24 heavy (non-hydrogen) atoms. The summed E-state index contributed by atoms with van der Waals surface area (Å²) in [4.78, 5) is 15.5. The quantitative estimate of drug-likeness (QED) is 0.724. The maximum Gasteiger partial charge on any atom is 0.252 e. The Labute approximate surface area is 143 Å². The molecule has 3 aromatic rings. The molecule has 122 valence electrons. The van der Waals surface area contributed by atoms with Gasteiger partial charge in [0.25, 0.3) is 5.91 Å². The lowest BCUT2D eigenvalue weighted by Crippen LogP contribution is -2.32. The zero-order chi connectivity index (χ0) is 16.7. The highest BCUT2D eigenvalue weighted by Gasteiger charge is 2.45. The lowest BCUT2D eigenvalue weighted by molar-refractivity contribution is 0.0950. The lowest BCUT2D eigenvalue weighted by Gasteiger charge is -2.16. The Morgan fingerprint density at radius 2 is 2.04 bits per heavy atom. The van der Waals surface area contributed by atoms with Crippen molar-refractivity contribution in [3.8, 4) is 0 Å². The summed E-state index contributed by atoms with van der Waals surface area (Å²) in [5.41, 5.74) is 2.33. The monoisotopic (exact) mass is 342 g/mol. The van der Waals surface area contributed by atoms with E-state index in [2.05, 4.69) is 10.3 Å². The first kappa shape index (κ1) is 15.2. The van der Waals surface area contributed by atoms with Crippen LogP contribution in [-0.2, 0) is 5.41 Å². The maximum atomic E-state index is 13.3. The van der Waals surface area contributed by atoms with Crippen molar-refractivity contribution in [2.45, 2.75) is 18.3 Å². The summed E-state index contributed by atoms with van der Waals surface area (Å²) < 4.78 is 13.3. The van der Waals surface area contributed by atoms with Crippen LogP contribution >= 0.6 is 11.6 Å². The summed E-state index contributed by atoms with van der Waals surface area (Å²) in [5.74, 6) is -0.425. The minimum Gasteiger partial charge on any atom is -0.361 e. The molecule has 1 aliphatic rings. The molecule has 0 radical (unpaired) electrons. The van der Waals surface area contributed by atoms with Gasteiger partial charge in [0, 0.05) is 29.1 Å². The van der Waals surface area contributed by atoms with Crippen molar-refractivity contribution in [3.63, 3.8) is 0 Å². The molecule has 1 heterocycles. The molecular weight excluding hydrogens is 327 g/mol. The molecule has 1 fully saturated rings. The second-order valence-electron chi connectivity index (χ2n) is 6.34. The Hall–Kier alpha value is -2.33. The molecule has 2 aromatic carbocycles. The Balaban J connectivity index is 1.56. The number of rotatable bonds is 4. The highest BCUT2D eigenvalue weighted by Crippen LogP contribution is 2.50. The van der Waals surface area contributed by atoms with Crippen LogP contribution in [-0.4, -0.2) is 17.4 Å². The molecule has 1 amide bonds. The standard InChI is InChI=1S/C19H16ClFN2O/c20-16-4-2-1-3-14(16)18(24)23-11-19(7-8-19)15-10-22-17-9-12(21)5-6-13(15)17/h1-6,9-10,22H,7-8,11H2,(H,23,24). The number of amides is 1. The molecule has 0 bridgehead atoms. The van der Waals surface area contributed by atoms with Gasteiger partial charge in [-0.25, -0.2) is 4.39 Å². The molecular formula is C19H16ClFN2O. The van der Waals surface area contributed by atoms with Gasteiger partial charge in [-0.2, -0.15) is 0 Å². The van der Waals surface area contributed by atoms with E-state index in [4.69, 9.17) is 11.6 Å². The van der Waals surface area contributed by atoms with Gasteiger partial charge in [-0.1, -0.05) is 23.7 Å². The first-order valence-electron chi connectivity index (χ1n) is 7.89. The highest BCUT2D eigenvalue weighted by molar-refractivity contribution is 6.33. The van der Waals surface area contributed by atoms with Crippen LogP contribution in [0, 0.1) is 5.82 Å². The van der Waals surface area contributed by atoms with E-state index < -0.39 is 0 Å². The largest absolute Gasteiger partial charge is 0.361 e. The zero-order valence-electron chi connectivity index (χ0n) is 12.9. The Kier molecular flexibility index (Phi) is 3.57. The van der Waals surface area contributed by atoms with Gasteiger partial charge in [0.2, 0.25) is 0 Å². The molecule has 3 nitrogen and oxygen atoms in total. The van der Waals surface area contributed by atoms with Gasteiger partial charge in [0.05, 0.1) is 10.6 Å². The van der Waals surface area contributed by atoms with E-state index in [9.17, 15) is 9.18 Å². The van der Waals surface area contributed by atoms with Crippen LogP contribution in [0.2, 0.25) is 5.02 Å². The van der Waals surface area contributed by atoms with Crippen LogP contribution < -0.4 is 5.32 Å². The smallest absolute Gasteiger partial charge is 0.252 e. The molecule has 0 aliphatic heterocycles. The third-order valence-corrected chi connectivity index (χ3v) is 5.10. The minimum absolute atomic E-state index is 0.0764. The molecule has 1 aromatic heterocycles. The third-order valence-electron chi connectivity index (χ3n) is 4.77. The van der Waals surface area contributed by atoms with E-state index in [0.29, 0.717) is 17.1 Å². The number of carbonyl (C=O) groups is 1. The molecule has 4 rings (SSSR count). The number of H-pyrrole nitrogens is 1. The zero-order valence-corrected chi connectivity index (χ0v) is 13.7. The molecule has 0 unspecified atom stereocenters. The Bertz CT molecular complexity index is 930. The number of aromatic nitrogens is 1. The van der Waals surface area contributed by atoms with E-state index in [-0.39, 0.29) is 17.1 Å². The Morgan fingerprint density at radius 3 is 2.79 bits per heavy atom. The summed E-state index contributed by atoms with van der Waals surface area (Å²) >= 11 is 6.08. The van der Waals surface area contributed by atoms with Crippen LogP contribution in [0.25, 0.3) is 10.9 Å². The highest BCUT2D eigenvalue weighted by atomic mass is 35.5. The van der Waals surface area contributed by atoms with Gasteiger partial charge in [-0.15, -0.1) is 0 Å². The van der Waals surface area contributed by atoms with Crippen molar-refractivity contribution < 1.29 is 9.18 Å². The number of halogens is 2. The second-order valence-corrected chi connectivity index (χ2v) is 6.74. The predicted molar refractivity (Wildman–Crippen MR) is 93.0 cm³/mol. The normalized spacial score (nSPS) is 15.4. The summed E-state index contributed by atoms with van der Waals surface area (Å²) in [5, 5.41) is 4.46. The number of fused-ring (bicyclic) bond motifs is 1. The van der Waals surface area contributed by atoms with E-state index in [1.807, 2.05) is 6.20 Å². The van der Waals surface area contributed by atoms with Crippen molar-refractivity contribution in [2.75, 3.05) is 6.54 Å². The first-order chi connectivity index (χ1) is 11.6. The van der Waals surface area contributed by atoms with Gasteiger partial charge in [-0.3, -0.25) is 4.79 Å². The molecule has 2 N–H and O–H groups in total. The van der Waals surface area contributed by atoms with Gasteiger partial charge in [0.1, 0.15) is 5.82 Å². The number of hydrogen-bond donors (Lipinski definition) is 2. The summed E-state index contributed by atoms with van der Waals surface area (Å²) in [7, 11) is 0. The molecule has 0 atom stereocenters. The average molecular weight is 343 g/mol. The summed E-state index contributed by atoms with van der Waals surface area (Å²) in [6, 6.07) is 11.8. The van der Waals surface area contributed by atoms with Gasteiger partial charge in [-0.05, 0) is 48.7 Å². The molecule has 1 saturated carbocycles. The third kappa shape index (κ3) is 2.57. The lowest BCUT2D eigenvalue weighted by atomic mass is 9.95. The van der Waals surface area contributed by atoms with E-state index in [1.165, 1.54) is 12.1 Å². The Morgan fingerprint density at radius 1 is 1.25 bits per heavy atom. The van der Waals surface area contributed by atoms with Crippen LogP contribution in [0.5, 0.6) is 0 Å². The number of aromatic amines is 1. The predicted octanol–water partition coefficient (Wildman–Crippen LogP) is 4.42. The summed E-state index contributed by atoms with van der Waals surface area (Å²) in [6.07, 6.45) is 3.93. The van der Waals surface area contributed by atoms with Gasteiger partial charge >= 0.3 is 0 Å². The first-order valence-corrected chi connectivity index (χ1v) is 8.27. The molecule has 5 heteroatoms. The van der Waals surface area contributed by atoms with Crippen molar-refractivity contribution >= 4 is 28.4 Å². The van der Waals surface area contributed by atoms with Crippen LogP contribution in [0.4, 0.5) is 4.39 Å². The molecule has 0 saturated heterocycles. The van der Waals surface area contributed by atoms with Crippen molar-refractivity contribution in [2.24, 2.45) is 0 Å². The molecule has 1 aliphatic carbocycles.